The van der Waals surface area contributed by atoms with E-state index in [4.69, 9.17) is 4.98 Å². The van der Waals surface area contributed by atoms with Gasteiger partial charge < -0.3 is 9.80 Å². The topological polar surface area (TPSA) is 76.3 Å². The van der Waals surface area contributed by atoms with Crippen LogP contribution in [0.1, 0.15) is 6.92 Å². The molecule has 2 aromatic heterocycles. The predicted molar refractivity (Wildman–Crippen MR) is 127 cm³/mol. The van der Waals surface area contributed by atoms with Gasteiger partial charge in [-0.25, -0.2) is 14.8 Å². The third kappa shape index (κ3) is 3.75. The van der Waals surface area contributed by atoms with Crippen molar-refractivity contribution in [3.63, 3.8) is 0 Å². The van der Waals surface area contributed by atoms with Crippen LogP contribution >= 0.6 is 0 Å². The monoisotopic (exact) mass is 430 g/mol. The number of aryl methyl sites for hydroxylation is 1. The lowest BCUT2D eigenvalue weighted by Gasteiger charge is -2.21. The molecule has 0 radical (unpaired) electrons. The van der Waals surface area contributed by atoms with Crippen LogP contribution in [0.3, 0.4) is 0 Å². The number of anilines is 2. The first-order valence-electron chi connectivity index (χ1n) is 10.5. The van der Waals surface area contributed by atoms with E-state index in [1.165, 1.54) is 9.13 Å². The summed E-state index contributed by atoms with van der Waals surface area (Å²) in [5.41, 5.74) is 2.38. The Labute approximate surface area is 186 Å². The number of para-hydroxylation sites is 1. The molecule has 1 amide bonds. The Morgan fingerprint density at radius 1 is 0.969 bits per heavy atom. The lowest BCUT2D eigenvalue weighted by Crippen LogP contribution is -2.36. The second kappa shape index (κ2) is 8.66. The number of carbonyl (C=O) groups excluding carboxylic acids is 1. The van der Waals surface area contributed by atoms with E-state index in [2.05, 4.69) is 4.98 Å². The van der Waals surface area contributed by atoms with Crippen molar-refractivity contribution < 1.29 is 4.79 Å². The van der Waals surface area contributed by atoms with Gasteiger partial charge >= 0.3 is 5.69 Å². The molecule has 0 aliphatic carbocycles. The Balaban J connectivity index is 1.84. The molecule has 0 unspecified atom stereocenters. The SMILES string of the molecule is CCN(C(=O)Cn1c(=O)n(C)c2nc(-c3ccccc3)nc(N(C)C)c21)c1ccccc1. The molecule has 164 valence electrons. The van der Waals surface area contributed by atoms with Gasteiger partial charge in [0.1, 0.15) is 12.1 Å². The first kappa shape index (κ1) is 21.3. The molecule has 0 saturated heterocycles. The van der Waals surface area contributed by atoms with Crippen LogP contribution in [-0.2, 0) is 18.4 Å². The number of amides is 1. The molecule has 8 heteroatoms. The van der Waals surface area contributed by atoms with Crippen molar-refractivity contribution in [3.05, 3.63) is 71.1 Å². The number of benzene rings is 2. The Bertz CT molecular complexity index is 1310. The Morgan fingerprint density at radius 2 is 1.59 bits per heavy atom. The summed E-state index contributed by atoms with van der Waals surface area (Å²) in [7, 11) is 5.40. The van der Waals surface area contributed by atoms with E-state index in [1.807, 2.05) is 86.6 Å². The van der Waals surface area contributed by atoms with Gasteiger partial charge in [-0.2, -0.15) is 0 Å². The average molecular weight is 431 g/mol. The van der Waals surface area contributed by atoms with E-state index in [0.29, 0.717) is 29.4 Å². The van der Waals surface area contributed by atoms with Gasteiger partial charge in [-0.3, -0.25) is 13.9 Å². The van der Waals surface area contributed by atoms with Crippen molar-refractivity contribution in [2.45, 2.75) is 13.5 Å². The molecule has 0 aliphatic heterocycles. The van der Waals surface area contributed by atoms with E-state index in [1.54, 1.807) is 11.9 Å². The number of carbonyl (C=O) groups is 1. The maximum Gasteiger partial charge on any atom is 0.330 e. The molecule has 0 aliphatic rings. The van der Waals surface area contributed by atoms with Gasteiger partial charge in [0, 0.05) is 38.9 Å². The number of fused-ring (bicyclic) bond motifs is 1. The molecule has 8 nitrogen and oxygen atoms in total. The number of hydrogen-bond acceptors (Lipinski definition) is 5. The summed E-state index contributed by atoms with van der Waals surface area (Å²) in [6.45, 7) is 2.31. The highest BCUT2D eigenvalue weighted by Gasteiger charge is 2.23. The van der Waals surface area contributed by atoms with Crippen molar-refractivity contribution in [1.29, 1.82) is 0 Å². The van der Waals surface area contributed by atoms with Crippen LogP contribution in [0.5, 0.6) is 0 Å². The third-order valence-corrected chi connectivity index (χ3v) is 5.39. The first-order valence-corrected chi connectivity index (χ1v) is 10.5. The molecule has 0 atom stereocenters. The maximum absolute atomic E-state index is 13.2. The van der Waals surface area contributed by atoms with Crippen LogP contribution in [0.2, 0.25) is 0 Å². The Kier molecular flexibility index (Phi) is 5.77. The van der Waals surface area contributed by atoms with Gasteiger partial charge in [-0.15, -0.1) is 0 Å². The van der Waals surface area contributed by atoms with Crippen LogP contribution in [0, 0.1) is 0 Å². The number of nitrogens with zero attached hydrogens (tertiary/aromatic N) is 6. The van der Waals surface area contributed by atoms with E-state index in [0.717, 1.165) is 11.3 Å². The van der Waals surface area contributed by atoms with E-state index in [9.17, 15) is 9.59 Å². The van der Waals surface area contributed by atoms with Crippen LogP contribution in [-0.4, -0.2) is 45.6 Å². The summed E-state index contributed by atoms with van der Waals surface area (Å²) >= 11 is 0. The van der Waals surface area contributed by atoms with E-state index >= 15 is 0 Å². The standard InChI is InChI=1S/C24H26N6O2/c1-5-29(18-14-10-7-11-15-18)19(31)16-30-20-22(27(2)3)25-21(17-12-8-6-9-13-17)26-23(20)28(4)24(30)32/h6-15H,5,16H2,1-4H3. The van der Waals surface area contributed by atoms with Crippen LogP contribution in [0.4, 0.5) is 11.5 Å². The lowest BCUT2D eigenvalue weighted by atomic mass is 10.2. The number of imidazole rings is 1. The second-order valence-corrected chi connectivity index (χ2v) is 7.70. The number of likely N-dealkylation sites (N-methyl/N-ethyl adjacent to an activating group) is 1. The Hall–Kier alpha value is -3.94. The van der Waals surface area contributed by atoms with Crippen LogP contribution < -0.4 is 15.5 Å². The van der Waals surface area contributed by atoms with Crippen LogP contribution in [0.25, 0.3) is 22.6 Å². The lowest BCUT2D eigenvalue weighted by molar-refractivity contribution is -0.119. The zero-order valence-electron chi connectivity index (χ0n) is 18.7. The predicted octanol–water partition coefficient (Wildman–Crippen LogP) is 2.92. The van der Waals surface area contributed by atoms with Crippen molar-refractivity contribution in [2.24, 2.45) is 7.05 Å². The maximum atomic E-state index is 13.2. The minimum Gasteiger partial charge on any atom is -0.361 e. The normalized spacial score (nSPS) is 11.0. The number of rotatable bonds is 6. The summed E-state index contributed by atoms with van der Waals surface area (Å²) in [6.07, 6.45) is 0. The fourth-order valence-electron chi connectivity index (χ4n) is 3.78. The molecular formula is C24H26N6O2. The van der Waals surface area contributed by atoms with Gasteiger partial charge in [-0.1, -0.05) is 48.5 Å². The summed E-state index contributed by atoms with van der Waals surface area (Å²) in [6, 6.07) is 19.1. The van der Waals surface area contributed by atoms with Gasteiger partial charge in [0.15, 0.2) is 17.3 Å². The van der Waals surface area contributed by atoms with Gasteiger partial charge in [-0.05, 0) is 19.1 Å². The number of aromatic nitrogens is 4. The molecule has 0 N–H and O–H groups in total. The van der Waals surface area contributed by atoms with E-state index < -0.39 is 0 Å². The first-order chi connectivity index (χ1) is 15.4. The fourth-order valence-corrected chi connectivity index (χ4v) is 3.78. The molecule has 0 bridgehead atoms. The minimum atomic E-state index is -0.305. The number of hydrogen-bond donors (Lipinski definition) is 0. The summed E-state index contributed by atoms with van der Waals surface area (Å²) in [5, 5.41) is 0. The summed E-state index contributed by atoms with van der Waals surface area (Å²) < 4.78 is 2.94. The Morgan fingerprint density at radius 3 is 2.19 bits per heavy atom. The molecule has 4 aromatic rings. The molecule has 2 aromatic carbocycles. The van der Waals surface area contributed by atoms with E-state index in [-0.39, 0.29) is 18.1 Å². The van der Waals surface area contributed by atoms with Gasteiger partial charge in [0.25, 0.3) is 0 Å². The molecule has 32 heavy (non-hydrogen) atoms. The highest BCUT2D eigenvalue weighted by atomic mass is 16.2. The summed E-state index contributed by atoms with van der Waals surface area (Å²) in [5.74, 6) is 0.938. The zero-order chi connectivity index (χ0) is 22.8. The van der Waals surface area contributed by atoms with Gasteiger partial charge in [0.05, 0.1) is 0 Å². The molecule has 2 heterocycles. The zero-order valence-corrected chi connectivity index (χ0v) is 18.7. The van der Waals surface area contributed by atoms with Crippen molar-refractivity contribution >= 4 is 28.6 Å². The smallest absolute Gasteiger partial charge is 0.330 e. The highest BCUT2D eigenvalue weighted by Crippen LogP contribution is 2.26. The quantitative estimate of drug-likeness (QED) is 0.470. The molecule has 0 fully saturated rings. The fraction of sp³-hybridized carbons (Fsp3) is 0.250. The minimum absolute atomic E-state index is 0.103. The molecule has 0 saturated carbocycles. The largest absolute Gasteiger partial charge is 0.361 e. The van der Waals surface area contributed by atoms with Crippen molar-refractivity contribution in [1.82, 2.24) is 19.1 Å². The highest BCUT2D eigenvalue weighted by molar-refractivity contribution is 5.95. The third-order valence-electron chi connectivity index (χ3n) is 5.39. The summed E-state index contributed by atoms with van der Waals surface area (Å²) in [4.78, 5) is 39.3. The molecular weight excluding hydrogens is 404 g/mol. The van der Waals surface area contributed by atoms with Crippen molar-refractivity contribution in [2.75, 3.05) is 30.4 Å². The van der Waals surface area contributed by atoms with Crippen molar-refractivity contribution in [3.8, 4) is 11.4 Å². The van der Waals surface area contributed by atoms with Gasteiger partial charge in [0.2, 0.25) is 5.91 Å². The average Bonchev–Trinajstić information content (AvgIpc) is 3.05. The second-order valence-electron chi connectivity index (χ2n) is 7.70. The van der Waals surface area contributed by atoms with Crippen LogP contribution in [0.15, 0.2) is 65.5 Å². The molecule has 0 spiro atoms. The molecule has 4 rings (SSSR count).